The van der Waals surface area contributed by atoms with Gasteiger partial charge in [0.25, 0.3) is 11.5 Å². The SMILES string of the molecule is Cc1cc2c(=O)n(C(C)C(=O)c3ccc4c(c3)N(C)C(=O)CO4)c(C)nc2s1. The van der Waals surface area contributed by atoms with Gasteiger partial charge >= 0.3 is 0 Å². The number of hydrogen-bond acceptors (Lipinski definition) is 6. The first-order chi connectivity index (χ1) is 13.3. The largest absolute Gasteiger partial charge is 0.482 e. The lowest BCUT2D eigenvalue weighted by atomic mass is 10.0. The maximum Gasteiger partial charge on any atom is 0.264 e. The molecule has 1 unspecified atom stereocenters. The van der Waals surface area contributed by atoms with Crippen molar-refractivity contribution in [1.29, 1.82) is 0 Å². The number of aryl methyl sites for hydroxylation is 2. The Hall–Kier alpha value is -3.00. The van der Waals surface area contributed by atoms with Crippen LogP contribution in [0.15, 0.2) is 29.1 Å². The van der Waals surface area contributed by atoms with Crippen LogP contribution in [-0.4, -0.2) is 34.9 Å². The zero-order valence-corrected chi connectivity index (χ0v) is 16.8. The highest BCUT2D eigenvalue weighted by Crippen LogP contribution is 2.33. The van der Waals surface area contributed by atoms with Gasteiger partial charge in [0, 0.05) is 17.5 Å². The number of thiophene rings is 1. The molecule has 0 spiro atoms. The summed E-state index contributed by atoms with van der Waals surface area (Å²) < 4.78 is 6.84. The number of Topliss-reactive ketones (excluding diaryl/α,β-unsaturated/α-hetero) is 1. The van der Waals surface area contributed by atoms with Crippen LogP contribution in [0.3, 0.4) is 0 Å². The molecular formula is C20H19N3O4S. The Morgan fingerprint density at radius 3 is 2.75 bits per heavy atom. The Bertz CT molecular complexity index is 1190. The van der Waals surface area contributed by atoms with E-state index in [9.17, 15) is 14.4 Å². The van der Waals surface area contributed by atoms with E-state index in [4.69, 9.17) is 4.74 Å². The van der Waals surface area contributed by atoms with Gasteiger partial charge < -0.3 is 9.64 Å². The monoisotopic (exact) mass is 397 g/mol. The number of amides is 1. The molecule has 28 heavy (non-hydrogen) atoms. The third kappa shape index (κ3) is 2.80. The van der Waals surface area contributed by atoms with E-state index >= 15 is 0 Å². The number of carbonyl (C=O) groups is 2. The van der Waals surface area contributed by atoms with Crippen LogP contribution in [0.25, 0.3) is 10.2 Å². The first-order valence-electron chi connectivity index (χ1n) is 8.85. The first kappa shape index (κ1) is 18.4. The molecule has 0 radical (unpaired) electrons. The average molecular weight is 397 g/mol. The standard InChI is InChI=1S/C20H19N3O4S/c1-10-7-14-19(28-10)21-12(3)23(20(14)26)11(2)18(25)13-5-6-16-15(8-13)22(4)17(24)9-27-16/h5-8,11H,9H2,1-4H3. The highest BCUT2D eigenvalue weighted by molar-refractivity contribution is 7.18. The van der Waals surface area contributed by atoms with E-state index in [2.05, 4.69) is 4.98 Å². The maximum absolute atomic E-state index is 13.1. The van der Waals surface area contributed by atoms with Crippen molar-refractivity contribution in [1.82, 2.24) is 9.55 Å². The number of ether oxygens (including phenoxy) is 1. The molecule has 1 amide bonds. The molecule has 0 saturated heterocycles. The zero-order chi connectivity index (χ0) is 20.2. The van der Waals surface area contributed by atoms with E-state index < -0.39 is 6.04 Å². The predicted molar refractivity (Wildman–Crippen MR) is 108 cm³/mol. The number of nitrogens with zero attached hydrogens (tertiary/aromatic N) is 3. The van der Waals surface area contributed by atoms with Crippen molar-refractivity contribution in [2.75, 3.05) is 18.6 Å². The molecule has 3 aromatic rings. The number of hydrogen-bond donors (Lipinski definition) is 0. The third-order valence-electron chi connectivity index (χ3n) is 4.99. The highest BCUT2D eigenvalue weighted by atomic mass is 32.1. The molecule has 4 rings (SSSR count). The summed E-state index contributed by atoms with van der Waals surface area (Å²) in [6.07, 6.45) is 0. The molecule has 1 aliphatic heterocycles. The van der Waals surface area contributed by atoms with Gasteiger partial charge in [-0.05, 0) is 45.0 Å². The quantitative estimate of drug-likeness (QED) is 0.635. The van der Waals surface area contributed by atoms with E-state index in [1.165, 1.54) is 20.8 Å². The number of anilines is 1. The van der Waals surface area contributed by atoms with Crippen molar-refractivity contribution >= 4 is 38.9 Å². The van der Waals surface area contributed by atoms with E-state index in [0.717, 1.165) is 4.88 Å². The van der Waals surface area contributed by atoms with Gasteiger partial charge in [-0.3, -0.25) is 19.0 Å². The molecule has 0 bridgehead atoms. The van der Waals surface area contributed by atoms with Crippen LogP contribution in [0.4, 0.5) is 5.69 Å². The minimum atomic E-state index is -0.729. The van der Waals surface area contributed by atoms with Gasteiger partial charge in [0.05, 0.1) is 17.1 Å². The minimum absolute atomic E-state index is 0.0203. The van der Waals surface area contributed by atoms with Crippen molar-refractivity contribution in [2.24, 2.45) is 0 Å². The fourth-order valence-corrected chi connectivity index (χ4v) is 4.37. The van der Waals surface area contributed by atoms with Crippen LogP contribution < -0.4 is 15.2 Å². The molecule has 0 aliphatic carbocycles. The number of ketones is 1. The molecule has 1 atom stereocenters. The second-order valence-corrected chi connectivity index (χ2v) is 8.11. The fourth-order valence-electron chi connectivity index (χ4n) is 3.46. The van der Waals surface area contributed by atoms with Crippen LogP contribution in [-0.2, 0) is 4.79 Å². The second kappa shape index (κ2) is 6.56. The molecule has 1 aromatic carbocycles. The molecule has 3 heterocycles. The van der Waals surface area contributed by atoms with Crippen molar-refractivity contribution < 1.29 is 14.3 Å². The number of fused-ring (bicyclic) bond motifs is 2. The molecule has 144 valence electrons. The molecular weight excluding hydrogens is 378 g/mol. The summed E-state index contributed by atoms with van der Waals surface area (Å²) in [4.78, 5) is 45.6. The lowest BCUT2D eigenvalue weighted by Gasteiger charge is -2.26. The summed E-state index contributed by atoms with van der Waals surface area (Å²) in [7, 11) is 1.65. The zero-order valence-electron chi connectivity index (χ0n) is 16.0. The normalized spacial score (nSPS) is 14.7. The van der Waals surface area contributed by atoms with Crippen molar-refractivity contribution in [2.45, 2.75) is 26.8 Å². The molecule has 0 fully saturated rings. The van der Waals surface area contributed by atoms with E-state index in [0.29, 0.717) is 33.0 Å². The predicted octanol–water partition coefficient (Wildman–Crippen LogP) is 2.87. The molecule has 0 N–H and O–H groups in total. The second-order valence-electron chi connectivity index (χ2n) is 6.87. The highest BCUT2D eigenvalue weighted by Gasteiger charge is 2.26. The van der Waals surface area contributed by atoms with Crippen LogP contribution in [0, 0.1) is 13.8 Å². The molecule has 8 heteroatoms. The summed E-state index contributed by atoms with van der Waals surface area (Å²) in [6.45, 7) is 5.32. The summed E-state index contributed by atoms with van der Waals surface area (Å²) >= 11 is 1.46. The van der Waals surface area contributed by atoms with Crippen molar-refractivity contribution in [3.63, 3.8) is 0 Å². The summed E-state index contributed by atoms with van der Waals surface area (Å²) in [6, 6.07) is 6.04. The number of rotatable bonds is 3. The minimum Gasteiger partial charge on any atom is -0.482 e. The van der Waals surface area contributed by atoms with Crippen LogP contribution in [0.2, 0.25) is 0 Å². The van der Waals surface area contributed by atoms with Gasteiger partial charge in [-0.1, -0.05) is 0 Å². The Morgan fingerprint density at radius 1 is 1.25 bits per heavy atom. The summed E-state index contributed by atoms with van der Waals surface area (Å²) in [5, 5.41) is 0.525. The van der Waals surface area contributed by atoms with Gasteiger partial charge in [-0.15, -0.1) is 11.3 Å². The van der Waals surface area contributed by atoms with Crippen molar-refractivity contribution in [3.05, 3.63) is 50.9 Å². The molecule has 7 nitrogen and oxygen atoms in total. The fraction of sp³-hybridized carbons (Fsp3) is 0.300. The lowest BCUT2D eigenvalue weighted by molar-refractivity contribution is -0.120. The third-order valence-corrected chi connectivity index (χ3v) is 5.94. The van der Waals surface area contributed by atoms with E-state index in [1.54, 1.807) is 45.2 Å². The smallest absolute Gasteiger partial charge is 0.264 e. The van der Waals surface area contributed by atoms with Crippen LogP contribution in [0.5, 0.6) is 5.75 Å². The Morgan fingerprint density at radius 2 is 2.00 bits per heavy atom. The van der Waals surface area contributed by atoms with Gasteiger partial charge in [0.2, 0.25) is 0 Å². The van der Waals surface area contributed by atoms with Gasteiger partial charge in [0.15, 0.2) is 12.4 Å². The number of benzene rings is 1. The Kier molecular flexibility index (Phi) is 4.30. The molecule has 2 aromatic heterocycles. The van der Waals surface area contributed by atoms with Gasteiger partial charge in [0.1, 0.15) is 16.4 Å². The van der Waals surface area contributed by atoms with Gasteiger partial charge in [-0.2, -0.15) is 0 Å². The molecule has 1 aliphatic rings. The van der Waals surface area contributed by atoms with E-state index in [-0.39, 0.29) is 23.9 Å². The average Bonchev–Trinajstić information content (AvgIpc) is 3.04. The topological polar surface area (TPSA) is 81.5 Å². The first-order valence-corrected chi connectivity index (χ1v) is 9.66. The van der Waals surface area contributed by atoms with Crippen LogP contribution in [0.1, 0.15) is 34.0 Å². The lowest BCUT2D eigenvalue weighted by Crippen LogP contribution is -2.35. The van der Waals surface area contributed by atoms with Gasteiger partial charge in [-0.25, -0.2) is 4.98 Å². The number of aromatic nitrogens is 2. The summed E-state index contributed by atoms with van der Waals surface area (Å²) in [5.74, 6) is 0.637. The number of carbonyl (C=O) groups excluding carboxylic acids is 2. The van der Waals surface area contributed by atoms with Crippen molar-refractivity contribution in [3.8, 4) is 5.75 Å². The Balaban J connectivity index is 1.76. The van der Waals surface area contributed by atoms with Crippen LogP contribution >= 0.6 is 11.3 Å². The maximum atomic E-state index is 13.1. The summed E-state index contributed by atoms with van der Waals surface area (Å²) in [5.41, 5.74) is 0.728. The van der Waals surface area contributed by atoms with E-state index in [1.807, 2.05) is 6.92 Å². The molecule has 0 saturated carbocycles. The number of likely N-dealkylation sites (N-methyl/N-ethyl adjacent to an activating group) is 1. The Labute approximate surface area is 165 Å².